The van der Waals surface area contributed by atoms with Gasteiger partial charge in [0.1, 0.15) is 5.75 Å². The van der Waals surface area contributed by atoms with E-state index < -0.39 is 5.97 Å². The second-order valence-corrected chi connectivity index (χ2v) is 3.65. The van der Waals surface area contributed by atoms with Crippen LogP contribution in [0.5, 0.6) is 11.6 Å². The lowest BCUT2D eigenvalue weighted by Gasteiger charge is -2.05. The number of carbonyl (C=O) groups excluding carboxylic acids is 1. The Bertz CT molecular complexity index is 627. The van der Waals surface area contributed by atoms with Crippen LogP contribution in [-0.2, 0) is 4.74 Å². The number of hydrogen-bond donors (Lipinski definition) is 0. The molecule has 0 spiro atoms. The molecule has 0 saturated heterocycles. The Morgan fingerprint density at radius 2 is 2.16 bits per heavy atom. The second kappa shape index (κ2) is 5.69. The first kappa shape index (κ1) is 12.7. The molecule has 0 atom stereocenters. The van der Waals surface area contributed by atoms with Gasteiger partial charge >= 0.3 is 5.97 Å². The topological polar surface area (TPSA) is 48.4 Å². The van der Waals surface area contributed by atoms with Gasteiger partial charge in [0, 0.05) is 17.8 Å². The lowest BCUT2D eigenvalue weighted by Crippen LogP contribution is -2.01. The van der Waals surface area contributed by atoms with Crippen LogP contribution in [0.3, 0.4) is 0 Å². The smallest absolute Gasteiger partial charge is 0.339 e. The molecule has 0 unspecified atom stereocenters. The number of hydrogen-bond acceptors (Lipinski definition) is 4. The number of carbonyl (C=O) groups is 1. The monoisotopic (exact) mass is 253 g/mol. The molecule has 2 rings (SSSR count). The molecule has 4 heteroatoms. The van der Waals surface area contributed by atoms with Crippen LogP contribution in [0.1, 0.15) is 15.9 Å². The van der Waals surface area contributed by atoms with Crippen molar-refractivity contribution < 1.29 is 14.3 Å². The molecule has 0 saturated carbocycles. The third kappa shape index (κ3) is 3.11. The predicted molar refractivity (Wildman–Crippen MR) is 70.0 cm³/mol. The Kier molecular flexibility index (Phi) is 3.79. The van der Waals surface area contributed by atoms with Crippen LogP contribution in [0, 0.1) is 12.3 Å². The van der Waals surface area contributed by atoms with E-state index in [0.717, 1.165) is 5.56 Å². The van der Waals surface area contributed by atoms with Gasteiger partial charge in [0.05, 0.1) is 12.7 Å². The van der Waals surface area contributed by atoms with E-state index >= 15 is 0 Å². The van der Waals surface area contributed by atoms with Crippen molar-refractivity contribution in [3.8, 4) is 24.0 Å². The zero-order chi connectivity index (χ0) is 13.7. The number of terminal acetylenes is 1. The van der Waals surface area contributed by atoms with Gasteiger partial charge in [-0.1, -0.05) is 12.0 Å². The van der Waals surface area contributed by atoms with Crippen LogP contribution in [0.4, 0.5) is 0 Å². The largest absolute Gasteiger partial charge is 0.465 e. The van der Waals surface area contributed by atoms with E-state index in [4.69, 9.17) is 11.2 Å². The van der Waals surface area contributed by atoms with Gasteiger partial charge in [0.2, 0.25) is 5.88 Å². The molecule has 0 N–H and O–H groups in total. The van der Waals surface area contributed by atoms with Gasteiger partial charge in [-0.05, 0) is 24.3 Å². The van der Waals surface area contributed by atoms with Crippen molar-refractivity contribution in [1.29, 1.82) is 0 Å². The summed E-state index contributed by atoms with van der Waals surface area (Å²) in [7, 11) is 1.32. The van der Waals surface area contributed by atoms with Crippen molar-refractivity contribution >= 4 is 5.97 Å². The normalized spacial score (nSPS) is 9.47. The van der Waals surface area contributed by atoms with Crippen molar-refractivity contribution in [2.24, 2.45) is 0 Å². The molecule has 1 aromatic heterocycles. The van der Waals surface area contributed by atoms with Crippen molar-refractivity contribution in [3.05, 3.63) is 53.7 Å². The first-order chi connectivity index (χ1) is 9.22. The molecular weight excluding hydrogens is 242 g/mol. The van der Waals surface area contributed by atoms with E-state index in [0.29, 0.717) is 17.2 Å². The minimum Gasteiger partial charge on any atom is -0.465 e. The van der Waals surface area contributed by atoms with E-state index in [2.05, 4.69) is 15.6 Å². The Balaban J connectivity index is 2.15. The number of aromatic nitrogens is 1. The third-order valence-corrected chi connectivity index (χ3v) is 2.38. The molecule has 0 bridgehead atoms. The van der Waals surface area contributed by atoms with Gasteiger partial charge in [0.25, 0.3) is 0 Å². The SMILES string of the molecule is C#Cc1cccc(Oc2ccc(C(=O)OC)cn2)c1. The molecule has 0 fully saturated rings. The molecule has 0 radical (unpaired) electrons. The summed E-state index contributed by atoms with van der Waals surface area (Å²) in [5.74, 6) is 3.05. The summed E-state index contributed by atoms with van der Waals surface area (Å²) < 4.78 is 10.1. The molecule has 0 amide bonds. The van der Waals surface area contributed by atoms with E-state index in [1.165, 1.54) is 13.3 Å². The highest BCUT2D eigenvalue weighted by Gasteiger charge is 2.06. The van der Waals surface area contributed by atoms with Crippen LogP contribution in [0.2, 0.25) is 0 Å². The average molecular weight is 253 g/mol. The lowest BCUT2D eigenvalue weighted by atomic mass is 10.2. The summed E-state index contributed by atoms with van der Waals surface area (Å²) in [6.45, 7) is 0. The van der Waals surface area contributed by atoms with Gasteiger partial charge < -0.3 is 9.47 Å². The summed E-state index contributed by atoms with van der Waals surface area (Å²) in [6, 6.07) is 10.3. The fourth-order valence-electron chi connectivity index (χ4n) is 1.45. The highest BCUT2D eigenvalue weighted by molar-refractivity contribution is 5.88. The van der Waals surface area contributed by atoms with Crippen LogP contribution >= 0.6 is 0 Å². The molecule has 2 aromatic rings. The zero-order valence-corrected chi connectivity index (χ0v) is 10.3. The summed E-state index contributed by atoms with van der Waals surface area (Å²) in [6.07, 6.45) is 6.70. The average Bonchev–Trinajstić information content (AvgIpc) is 2.47. The molecule has 94 valence electrons. The van der Waals surface area contributed by atoms with Gasteiger partial charge in [-0.15, -0.1) is 6.42 Å². The fraction of sp³-hybridized carbons (Fsp3) is 0.0667. The van der Waals surface area contributed by atoms with E-state index in [9.17, 15) is 4.79 Å². The predicted octanol–water partition coefficient (Wildman–Crippen LogP) is 2.64. The number of ether oxygens (including phenoxy) is 2. The highest BCUT2D eigenvalue weighted by Crippen LogP contribution is 2.20. The van der Waals surface area contributed by atoms with Crippen molar-refractivity contribution in [3.63, 3.8) is 0 Å². The molecule has 19 heavy (non-hydrogen) atoms. The van der Waals surface area contributed by atoms with E-state index in [1.807, 2.05) is 0 Å². The molecule has 0 aliphatic heterocycles. The lowest BCUT2D eigenvalue weighted by molar-refractivity contribution is 0.0600. The van der Waals surface area contributed by atoms with Crippen molar-refractivity contribution in [1.82, 2.24) is 4.98 Å². The molecule has 1 aromatic carbocycles. The van der Waals surface area contributed by atoms with Crippen molar-refractivity contribution in [2.45, 2.75) is 0 Å². The Labute approximate surface area is 111 Å². The van der Waals surface area contributed by atoms with Gasteiger partial charge in [-0.2, -0.15) is 0 Å². The number of esters is 1. The Hall–Kier alpha value is -2.80. The van der Waals surface area contributed by atoms with Crippen LogP contribution in [-0.4, -0.2) is 18.1 Å². The Morgan fingerprint density at radius 1 is 1.32 bits per heavy atom. The summed E-state index contributed by atoms with van der Waals surface area (Å²) >= 11 is 0. The maximum Gasteiger partial charge on any atom is 0.339 e. The Morgan fingerprint density at radius 3 is 2.79 bits per heavy atom. The summed E-state index contributed by atoms with van der Waals surface area (Å²) in [4.78, 5) is 15.3. The zero-order valence-electron chi connectivity index (χ0n) is 10.3. The van der Waals surface area contributed by atoms with Gasteiger partial charge in [-0.25, -0.2) is 9.78 Å². The first-order valence-corrected chi connectivity index (χ1v) is 5.52. The molecule has 0 aliphatic rings. The summed E-state index contributed by atoms with van der Waals surface area (Å²) in [5.41, 5.74) is 1.09. The fourth-order valence-corrected chi connectivity index (χ4v) is 1.45. The summed E-state index contributed by atoms with van der Waals surface area (Å²) in [5, 5.41) is 0. The first-order valence-electron chi connectivity index (χ1n) is 5.52. The molecule has 0 aliphatic carbocycles. The number of nitrogens with zero attached hydrogens (tertiary/aromatic N) is 1. The van der Waals surface area contributed by atoms with E-state index in [-0.39, 0.29) is 0 Å². The highest BCUT2D eigenvalue weighted by atomic mass is 16.5. The van der Waals surface area contributed by atoms with Gasteiger partial charge in [-0.3, -0.25) is 0 Å². The number of pyridine rings is 1. The maximum absolute atomic E-state index is 11.2. The quantitative estimate of drug-likeness (QED) is 0.623. The third-order valence-electron chi connectivity index (χ3n) is 2.38. The van der Waals surface area contributed by atoms with Crippen molar-refractivity contribution in [2.75, 3.05) is 7.11 Å². The second-order valence-electron chi connectivity index (χ2n) is 3.65. The van der Waals surface area contributed by atoms with Crippen LogP contribution < -0.4 is 4.74 Å². The van der Waals surface area contributed by atoms with Crippen LogP contribution in [0.25, 0.3) is 0 Å². The molecular formula is C15H11NO3. The number of rotatable bonds is 3. The number of benzene rings is 1. The van der Waals surface area contributed by atoms with E-state index in [1.54, 1.807) is 36.4 Å². The van der Waals surface area contributed by atoms with Gasteiger partial charge in [0.15, 0.2) is 0 Å². The van der Waals surface area contributed by atoms with Crippen LogP contribution in [0.15, 0.2) is 42.6 Å². The minimum absolute atomic E-state index is 0.368. The maximum atomic E-state index is 11.2. The standard InChI is InChI=1S/C15H11NO3/c1-3-11-5-4-6-13(9-11)19-14-8-7-12(10-16-14)15(17)18-2/h1,4-10H,2H3. The minimum atomic E-state index is -0.437. The molecule has 1 heterocycles. The molecule has 4 nitrogen and oxygen atoms in total. The number of methoxy groups -OCH3 is 1.